The van der Waals surface area contributed by atoms with Crippen LogP contribution in [0.3, 0.4) is 0 Å². The molecule has 1 aliphatic heterocycles. The number of hydrogen-bond acceptors (Lipinski definition) is 2. The van der Waals surface area contributed by atoms with Gasteiger partial charge in [0.15, 0.2) is 5.96 Å². The number of piperidine rings is 1. The quantitative estimate of drug-likeness (QED) is 0.345. The summed E-state index contributed by atoms with van der Waals surface area (Å²) in [4.78, 5) is 7.02. The molecule has 4 nitrogen and oxygen atoms in total. The van der Waals surface area contributed by atoms with E-state index in [1.165, 1.54) is 3.57 Å². The number of benzene rings is 1. The van der Waals surface area contributed by atoms with Crippen molar-refractivity contribution in [3.63, 3.8) is 0 Å². The Morgan fingerprint density at radius 2 is 2.00 bits per heavy atom. The molecule has 0 unspecified atom stereocenters. The van der Waals surface area contributed by atoms with Crippen molar-refractivity contribution in [1.29, 1.82) is 0 Å². The first-order chi connectivity index (χ1) is 10.7. The molecule has 0 saturated carbocycles. The number of nitrogens with zero attached hydrogens (tertiary/aromatic N) is 2. The second-order valence-corrected chi connectivity index (χ2v) is 6.63. The zero-order valence-electron chi connectivity index (χ0n) is 13.9. The number of ether oxygens (including phenoxy) is 1. The number of guanidine groups is 1. The Kier molecular flexibility index (Phi) is 10.2. The Labute approximate surface area is 170 Å². The molecule has 1 heterocycles. The van der Waals surface area contributed by atoms with Gasteiger partial charge < -0.3 is 15.0 Å². The maximum absolute atomic E-state index is 6.16. The normalized spacial score (nSPS) is 16.0. The molecule has 1 aromatic carbocycles. The Morgan fingerprint density at radius 1 is 1.30 bits per heavy atom. The molecule has 1 aromatic rings. The van der Waals surface area contributed by atoms with E-state index in [1.807, 2.05) is 12.1 Å². The molecule has 1 aliphatic rings. The van der Waals surface area contributed by atoms with Crippen molar-refractivity contribution in [3.8, 4) is 5.75 Å². The minimum atomic E-state index is 0. The van der Waals surface area contributed by atoms with Gasteiger partial charge in [-0.1, -0.05) is 19.1 Å². The highest BCUT2D eigenvalue weighted by atomic mass is 127. The summed E-state index contributed by atoms with van der Waals surface area (Å²) in [6, 6.07) is 8.23. The van der Waals surface area contributed by atoms with Crippen molar-refractivity contribution in [2.24, 2.45) is 4.99 Å². The van der Waals surface area contributed by atoms with Crippen LogP contribution in [0.2, 0.25) is 0 Å². The smallest absolute Gasteiger partial charge is 0.193 e. The predicted molar refractivity (Wildman–Crippen MR) is 116 cm³/mol. The lowest BCUT2D eigenvalue weighted by atomic mass is 10.1. The maximum atomic E-state index is 6.16. The van der Waals surface area contributed by atoms with E-state index in [0.717, 1.165) is 57.2 Å². The molecule has 23 heavy (non-hydrogen) atoms. The van der Waals surface area contributed by atoms with Crippen LogP contribution < -0.4 is 10.1 Å². The van der Waals surface area contributed by atoms with Crippen molar-refractivity contribution in [2.45, 2.75) is 39.2 Å². The van der Waals surface area contributed by atoms with Crippen LogP contribution >= 0.6 is 46.6 Å². The summed E-state index contributed by atoms with van der Waals surface area (Å²) in [5, 5.41) is 3.39. The number of hydrogen-bond donors (Lipinski definition) is 1. The third-order valence-corrected chi connectivity index (χ3v) is 4.58. The molecule has 0 atom stereocenters. The summed E-state index contributed by atoms with van der Waals surface area (Å²) in [5.41, 5.74) is 0. The van der Waals surface area contributed by atoms with E-state index in [1.54, 1.807) is 0 Å². The first-order valence-electron chi connectivity index (χ1n) is 8.19. The molecule has 130 valence electrons. The molecule has 0 bridgehead atoms. The monoisotopic (exact) mass is 543 g/mol. The van der Waals surface area contributed by atoms with Gasteiger partial charge in [0.1, 0.15) is 11.9 Å². The van der Waals surface area contributed by atoms with Gasteiger partial charge >= 0.3 is 0 Å². The van der Waals surface area contributed by atoms with Gasteiger partial charge in [-0.25, -0.2) is 0 Å². The van der Waals surface area contributed by atoms with E-state index in [9.17, 15) is 0 Å². The van der Waals surface area contributed by atoms with E-state index in [0.29, 0.717) is 6.10 Å². The fourth-order valence-corrected chi connectivity index (χ4v) is 3.06. The third kappa shape index (κ3) is 6.64. The zero-order chi connectivity index (χ0) is 15.8. The van der Waals surface area contributed by atoms with Gasteiger partial charge in [-0.15, -0.1) is 24.0 Å². The number of aliphatic imine (C=N–C) groups is 1. The highest BCUT2D eigenvalue weighted by Crippen LogP contribution is 2.24. The Hall–Kier alpha value is -0.250. The second kappa shape index (κ2) is 11.3. The number of halogens is 2. The minimum absolute atomic E-state index is 0. The molecule has 0 radical (unpaired) electrons. The van der Waals surface area contributed by atoms with Crippen LogP contribution in [0.5, 0.6) is 5.75 Å². The molecule has 0 amide bonds. The molecular weight excluding hydrogens is 516 g/mol. The average Bonchev–Trinajstić information content (AvgIpc) is 2.54. The van der Waals surface area contributed by atoms with Crippen LogP contribution in [0.4, 0.5) is 0 Å². The largest absolute Gasteiger partial charge is 0.489 e. The van der Waals surface area contributed by atoms with Crippen LogP contribution in [-0.2, 0) is 0 Å². The SMILES string of the molecule is CCCN=C(NCC)N1CCC(Oc2ccccc2I)CC1.I. The Morgan fingerprint density at radius 3 is 2.61 bits per heavy atom. The molecule has 1 fully saturated rings. The molecule has 0 aliphatic carbocycles. The highest BCUT2D eigenvalue weighted by Gasteiger charge is 2.23. The van der Waals surface area contributed by atoms with Crippen LogP contribution in [0.25, 0.3) is 0 Å². The van der Waals surface area contributed by atoms with Gasteiger partial charge in [-0.2, -0.15) is 0 Å². The highest BCUT2D eigenvalue weighted by molar-refractivity contribution is 14.1. The van der Waals surface area contributed by atoms with Crippen LogP contribution in [-0.4, -0.2) is 43.1 Å². The van der Waals surface area contributed by atoms with E-state index in [2.05, 4.69) is 63.8 Å². The summed E-state index contributed by atoms with van der Waals surface area (Å²) in [6.07, 6.45) is 3.48. The average molecular weight is 543 g/mol. The van der Waals surface area contributed by atoms with Crippen LogP contribution in [0.1, 0.15) is 33.1 Å². The summed E-state index contributed by atoms with van der Waals surface area (Å²) >= 11 is 2.33. The summed E-state index contributed by atoms with van der Waals surface area (Å²) < 4.78 is 7.34. The molecule has 0 aromatic heterocycles. The first-order valence-corrected chi connectivity index (χ1v) is 9.27. The molecule has 1 saturated heterocycles. The fourth-order valence-electron chi connectivity index (χ4n) is 2.55. The lowest BCUT2D eigenvalue weighted by Crippen LogP contribution is -2.47. The lowest BCUT2D eigenvalue weighted by molar-refractivity contribution is 0.128. The Balaban J connectivity index is 0.00000264. The van der Waals surface area contributed by atoms with Gasteiger partial charge in [0, 0.05) is 39.0 Å². The summed E-state index contributed by atoms with van der Waals surface area (Å²) in [6.45, 7) is 8.10. The topological polar surface area (TPSA) is 36.9 Å². The molecule has 6 heteroatoms. The predicted octanol–water partition coefficient (Wildman–Crippen LogP) is 4.13. The molecule has 1 N–H and O–H groups in total. The summed E-state index contributed by atoms with van der Waals surface area (Å²) in [5.74, 6) is 2.06. The molecular formula is C17H27I2N3O. The van der Waals surface area contributed by atoms with Gasteiger partial charge in [0.05, 0.1) is 3.57 Å². The van der Waals surface area contributed by atoms with Gasteiger partial charge in [-0.3, -0.25) is 4.99 Å². The molecule has 0 spiro atoms. The minimum Gasteiger partial charge on any atom is -0.489 e. The van der Waals surface area contributed by atoms with Gasteiger partial charge in [-0.05, 0) is 48.1 Å². The maximum Gasteiger partial charge on any atom is 0.193 e. The van der Waals surface area contributed by atoms with Crippen molar-refractivity contribution >= 4 is 52.5 Å². The zero-order valence-corrected chi connectivity index (χ0v) is 18.4. The fraction of sp³-hybridized carbons (Fsp3) is 0.588. The van der Waals surface area contributed by atoms with Crippen molar-refractivity contribution in [3.05, 3.63) is 27.8 Å². The standard InChI is InChI=1S/C17H26IN3O.HI/c1-3-11-20-17(19-4-2)21-12-9-14(10-13-21)22-16-8-6-5-7-15(16)18;/h5-8,14H,3-4,9-13H2,1-2H3,(H,19,20);1H. The van der Waals surface area contributed by atoms with Gasteiger partial charge in [0.2, 0.25) is 0 Å². The van der Waals surface area contributed by atoms with Crippen LogP contribution in [0.15, 0.2) is 29.3 Å². The van der Waals surface area contributed by atoms with E-state index in [-0.39, 0.29) is 24.0 Å². The van der Waals surface area contributed by atoms with Crippen molar-refractivity contribution in [1.82, 2.24) is 10.2 Å². The lowest BCUT2D eigenvalue weighted by Gasteiger charge is -2.34. The van der Waals surface area contributed by atoms with Crippen molar-refractivity contribution < 1.29 is 4.74 Å². The number of rotatable bonds is 5. The van der Waals surface area contributed by atoms with Gasteiger partial charge in [0.25, 0.3) is 0 Å². The molecule has 2 rings (SSSR count). The van der Waals surface area contributed by atoms with Crippen molar-refractivity contribution in [2.75, 3.05) is 26.2 Å². The first kappa shape index (κ1) is 20.8. The Bertz CT molecular complexity index is 488. The summed E-state index contributed by atoms with van der Waals surface area (Å²) in [7, 11) is 0. The van der Waals surface area contributed by atoms with E-state index >= 15 is 0 Å². The van der Waals surface area contributed by atoms with E-state index < -0.39 is 0 Å². The number of likely N-dealkylation sites (tertiary alicyclic amines) is 1. The van der Waals surface area contributed by atoms with E-state index in [4.69, 9.17) is 4.74 Å². The number of para-hydroxylation sites is 1. The second-order valence-electron chi connectivity index (χ2n) is 5.47. The number of nitrogens with one attached hydrogen (secondary N) is 1. The third-order valence-electron chi connectivity index (χ3n) is 3.69. The van der Waals surface area contributed by atoms with Crippen LogP contribution in [0, 0.1) is 3.57 Å².